The molecular formula is C18H17N3O3. The number of carbonyl (C=O) groups excluding carboxylic acids is 2. The van der Waals surface area contributed by atoms with Gasteiger partial charge in [0.25, 0.3) is 5.91 Å². The molecule has 3 rings (SSSR count). The summed E-state index contributed by atoms with van der Waals surface area (Å²) in [5.74, 6) is -0.887. The molecule has 24 heavy (non-hydrogen) atoms. The third-order valence-electron chi connectivity index (χ3n) is 3.77. The molecule has 0 saturated carbocycles. The average Bonchev–Trinajstić information content (AvgIpc) is 2.90. The van der Waals surface area contributed by atoms with Gasteiger partial charge in [0.05, 0.1) is 17.7 Å². The van der Waals surface area contributed by atoms with E-state index in [1.807, 2.05) is 26.0 Å². The number of benzene rings is 2. The first-order chi connectivity index (χ1) is 11.5. The number of rotatable bonds is 4. The number of aryl methyl sites for hydroxylation is 2. The molecule has 0 saturated heterocycles. The van der Waals surface area contributed by atoms with Crippen LogP contribution in [-0.4, -0.2) is 17.0 Å². The standard InChI is InChI=1S/C18H17N3O3/c1-10-7-11(2)17-13(8-10)15(21-24-17)9-16(22)20-14-6-4-3-5-12(14)18(19)23/h3-8H,9H2,1-2H3,(H2,19,23)(H,20,22). The normalized spacial score (nSPS) is 10.8. The molecule has 0 spiro atoms. The van der Waals surface area contributed by atoms with Gasteiger partial charge in [-0.05, 0) is 43.2 Å². The predicted molar refractivity (Wildman–Crippen MR) is 90.8 cm³/mol. The highest BCUT2D eigenvalue weighted by Gasteiger charge is 2.16. The van der Waals surface area contributed by atoms with Crippen LogP contribution in [-0.2, 0) is 11.2 Å². The number of nitrogens with one attached hydrogen (secondary N) is 1. The van der Waals surface area contributed by atoms with Gasteiger partial charge in [-0.1, -0.05) is 23.4 Å². The Morgan fingerprint density at radius 2 is 1.96 bits per heavy atom. The van der Waals surface area contributed by atoms with Crippen LogP contribution in [0, 0.1) is 13.8 Å². The molecule has 2 aromatic carbocycles. The molecule has 0 radical (unpaired) electrons. The van der Waals surface area contributed by atoms with Crippen LogP contribution < -0.4 is 11.1 Å². The summed E-state index contributed by atoms with van der Waals surface area (Å²) in [5, 5.41) is 7.54. The van der Waals surface area contributed by atoms with E-state index in [-0.39, 0.29) is 17.9 Å². The lowest BCUT2D eigenvalue weighted by atomic mass is 10.1. The van der Waals surface area contributed by atoms with E-state index in [1.165, 1.54) is 0 Å². The van der Waals surface area contributed by atoms with Gasteiger partial charge in [0, 0.05) is 5.39 Å². The van der Waals surface area contributed by atoms with Gasteiger partial charge in [0.1, 0.15) is 5.69 Å². The molecule has 0 unspecified atom stereocenters. The van der Waals surface area contributed by atoms with E-state index in [2.05, 4.69) is 10.5 Å². The van der Waals surface area contributed by atoms with E-state index in [0.717, 1.165) is 16.5 Å². The summed E-state index contributed by atoms with van der Waals surface area (Å²) in [6.45, 7) is 3.92. The second kappa shape index (κ2) is 6.16. The average molecular weight is 323 g/mol. The zero-order chi connectivity index (χ0) is 17.3. The summed E-state index contributed by atoms with van der Waals surface area (Å²) < 4.78 is 5.34. The molecule has 3 aromatic rings. The minimum absolute atomic E-state index is 0.0446. The number of hydrogen-bond donors (Lipinski definition) is 2. The lowest BCUT2D eigenvalue weighted by Crippen LogP contribution is -2.19. The summed E-state index contributed by atoms with van der Waals surface area (Å²) in [7, 11) is 0. The number of fused-ring (bicyclic) bond motifs is 1. The molecule has 2 amide bonds. The highest BCUT2D eigenvalue weighted by atomic mass is 16.5. The van der Waals surface area contributed by atoms with Crippen molar-refractivity contribution >= 4 is 28.5 Å². The minimum Gasteiger partial charge on any atom is -0.366 e. The van der Waals surface area contributed by atoms with E-state index in [4.69, 9.17) is 10.3 Å². The molecule has 0 bridgehead atoms. The van der Waals surface area contributed by atoms with Gasteiger partial charge in [-0.15, -0.1) is 0 Å². The predicted octanol–water partition coefficient (Wildman–Crippen LogP) is 2.72. The van der Waals surface area contributed by atoms with Gasteiger partial charge in [-0.2, -0.15) is 0 Å². The number of hydrogen-bond acceptors (Lipinski definition) is 4. The summed E-state index contributed by atoms with van der Waals surface area (Å²) in [6, 6.07) is 10.6. The van der Waals surface area contributed by atoms with Crippen molar-refractivity contribution in [2.24, 2.45) is 5.73 Å². The number of primary amides is 1. The van der Waals surface area contributed by atoms with Crippen LogP contribution in [0.3, 0.4) is 0 Å². The van der Waals surface area contributed by atoms with Crippen molar-refractivity contribution in [2.45, 2.75) is 20.3 Å². The first-order valence-electron chi connectivity index (χ1n) is 7.50. The topological polar surface area (TPSA) is 98.2 Å². The van der Waals surface area contributed by atoms with Crippen LogP contribution >= 0.6 is 0 Å². The molecule has 6 nitrogen and oxygen atoms in total. The van der Waals surface area contributed by atoms with E-state index >= 15 is 0 Å². The highest BCUT2D eigenvalue weighted by molar-refractivity contribution is 6.03. The molecule has 3 N–H and O–H groups in total. The van der Waals surface area contributed by atoms with Gasteiger partial charge >= 0.3 is 0 Å². The van der Waals surface area contributed by atoms with E-state index < -0.39 is 5.91 Å². The third kappa shape index (κ3) is 2.99. The summed E-state index contributed by atoms with van der Waals surface area (Å²) in [4.78, 5) is 23.7. The number of carbonyl (C=O) groups is 2. The summed E-state index contributed by atoms with van der Waals surface area (Å²) >= 11 is 0. The second-order valence-electron chi connectivity index (χ2n) is 5.72. The first-order valence-corrected chi connectivity index (χ1v) is 7.50. The lowest BCUT2D eigenvalue weighted by Gasteiger charge is -2.08. The van der Waals surface area contributed by atoms with Crippen LogP contribution in [0.2, 0.25) is 0 Å². The minimum atomic E-state index is -0.593. The van der Waals surface area contributed by atoms with Crippen molar-refractivity contribution in [3.05, 3.63) is 58.8 Å². The van der Waals surface area contributed by atoms with Crippen LogP contribution in [0.25, 0.3) is 11.0 Å². The van der Waals surface area contributed by atoms with Crippen molar-refractivity contribution in [3.8, 4) is 0 Å². The van der Waals surface area contributed by atoms with Crippen LogP contribution in [0.4, 0.5) is 5.69 Å². The number of anilines is 1. The van der Waals surface area contributed by atoms with E-state index in [9.17, 15) is 9.59 Å². The molecule has 1 aromatic heterocycles. The Labute approximate surface area is 138 Å². The van der Waals surface area contributed by atoms with Crippen LogP contribution in [0.1, 0.15) is 27.2 Å². The van der Waals surface area contributed by atoms with Crippen molar-refractivity contribution < 1.29 is 14.1 Å². The Morgan fingerprint density at radius 3 is 2.71 bits per heavy atom. The molecule has 0 aliphatic heterocycles. The maximum atomic E-state index is 12.3. The molecule has 6 heteroatoms. The number of para-hydroxylation sites is 1. The van der Waals surface area contributed by atoms with Crippen molar-refractivity contribution in [1.29, 1.82) is 0 Å². The van der Waals surface area contributed by atoms with Gasteiger partial charge in [-0.25, -0.2) is 0 Å². The molecular weight excluding hydrogens is 306 g/mol. The van der Waals surface area contributed by atoms with Gasteiger partial charge in [-0.3, -0.25) is 9.59 Å². The fraction of sp³-hybridized carbons (Fsp3) is 0.167. The maximum Gasteiger partial charge on any atom is 0.250 e. The quantitative estimate of drug-likeness (QED) is 0.771. The third-order valence-corrected chi connectivity index (χ3v) is 3.77. The molecule has 0 atom stereocenters. The zero-order valence-electron chi connectivity index (χ0n) is 13.4. The number of nitrogens with two attached hydrogens (primary N) is 1. The molecule has 1 heterocycles. The van der Waals surface area contributed by atoms with E-state index in [1.54, 1.807) is 24.3 Å². The van der Waals surface area contributed by atoms with Crippen molar-refractivity contribution in [1.82, 2.24) is 5.16 Å². The maximum absolute atomic E-state index is 12.3. The number of aromatic nitrogens is 1. The lowest BCUT2D eigenvalue weighted by molar-refractivity contribution is -0.115. The van der Waals surface area contributed by atoms with Gasteiger partial charge in [0.2, 0.25) is 5.91 Å². The Balaban J connectivity index is 1.85. The fourth-order valence-corrected chi connectivity index (χ4v) is 2.72. The fourth-order valence-electron chi connectivity index (χ4n) is 2.72. The van der Waals surface area contributed by atoms with Crippen LogP contribution in [0.15, 0.2) is 40.9 Å². The SMILES string of the molecule is Cc1cc(C)c2onc(CC(=O)Nc3ccccc3C(N)=O)c2c1. The smallest absolute Gasteiger partial charge is 0.250 e. The zero-order valence-corrected chi connectivity index (χ0v) is 13.4. The Bertz CT molecular complexity index is 944. The molecule has 122 valence electrons. The van der Waals surface area contributed by atoms with E-state index in [0.29, 0.717) is 17.0 Å². The van der Waals surface area contributed by atoms with Gasteiger partial charge in [0.15, 0.2) is 5.58 Å². The highest BCUT2D eigenvalue weighted by Crippen LogP contribution is 2.24. The Morgan fingerprint density at radius 1 is 1.21 bits per heavy atom. The first kappa shape index (κ1) is 15.7. The molecule has 0 aliphatic carbocycles. The van der Waals surface area contributed by atoms with Crippen LogP contribution in [0.5, 0.6) is 0 Å². The largest absolute Gasteiger partial charge is 0.366 e. The molecule has 0 fully saturated rings. The number of amides is 2. The number of nitrogens with zero attached hydrogens (tertiary/aromatic N) is 1. The monoisotopic (exact) mass is 323 g/mol. The van der Waals surface area contributed by atoms with Crippen molar-refractivity contribution in [3.63, 3.8) is 0 Å². The summed E-state index contributed by atoms with van der Waals surface area (Å²) in [5.41, 5.74) is 9.26. The Hall–Kier alpha value is -3.15. The van der Waals surface area contributed by atoms with Crippen molar-refractivity contribution in [2.75, 3.05) is 5.32 Å². The summed E-state index contributed by atoms with van der Waals surface area (Å²) in [6.07, 6.45) is 0.0446. The molecule has 0 aliphatic rings. The van der Waals surface area contributed by atoms with Gasteiger partial charge < -0.3 is 15.6 Å². The second-order valence-corrected chi connectivity index (χ2v) is 5.72. The Kier molecular flexibility index (Phi) is 4.04.